The number of amides is 6. The van der Waals surface area contributed by atoms with Gasteiger partial charge in [0.05, 0.1) is 5.92 Å². The smallest absolute Gasteiger partial charge is 0.245 e. The van der Waals surface area contributed by atoms with Crippen molar-refractivity contribution < 1.29 is 33.6 Å². The van der Waals surface area contributed by atoms with Crippen molar-refractivity contribution in [1.29, 1.82) is 0 Å². The topological polar surface area (TPSA) is 183 Å². The molecule has 0 aromatic rings. The van der Waals surface area contributed by atoms with Gasteiger partial charge in [-0.15, -0.1) is 0 Å². The quantitative estimate of drug-likeness (QED) is 0.0881. The first-order valence-electron chi connectivity index (χ1n) is 19.1. The summed E-state index contributed by atoms with van der Waals surface area (Å²) < 4.78 is 0. The highest BCUT2D eigenvalue weighted by molar-refractivity contribution is 7.99. The third-order valence-electron chi connectivity index (χ3n) is 9.52. The number of nitrogens with zero attached hydrogens (tertiary/aromatic N) is 1. The Labute approximate surface area is 309 Å². The van der Waals surface area contributed by atoms with E-state index in [-0.39, 0.29) is 23.5 Å². The van der Waals surface area contributed by atoms with Crippen LogP contribution in [0.5, 0.6) is 0 Å². The van der Waals surface area contributed by atoms with E-state index >= 15 is 0 Å². The van der Waals surface area contributed by atoms with Crippen molar-refractivity contribution in [3.8, 4) is 0 Å². The first kappa shape index (κ1) is 44.0. The van der Waals surface area contributed by atoms with Gasteiger partial charge in [0, 0.05) is 31.0 Å². The van der Waals surface area contributed by atoms with Crippen LogP contribution in [0, 0.1) is 17.8 Å². The standard InChI is InChI=1S/C37H64N6O7S/c1-8-9-10-11-12-13-14-17-30(44)25(6)32(45)40-27(21-23(2)3)34(47)39-26(7)37(50)43-19-15-16-29(43)35(48)42-31(24(4)5)36(49)41-28-22-51-20-18-38-33(28)46/h23-29,31H,8-22H2,1-7H3,(H,38,46)(H,39,47)(H,40,45)(H,41,49)(H,42,48)/t25-,26+,27-,28-,29-,31-/m0/s1. The number of hydrogen-bond donors (Lipinski definition) is 5. The van der Waals surface area contributed by atoms with Crippen LogP contribution in [-0.2, 0) is 33.6 Å². The summed E-state index contributed by atoms with van der Waals surface area (Å²) in [7, 11) is 0. The minimum absolute atomic E-state index is 0.0410. The third kappa shape index (κ3) is 14.8. The number of thioether (sulfide) groups is 1. The van der Waals surface area contributed by atoms with E-state index in [1.807, 2.05) is 13.8 Å². The summed E-state index contributed by atoms with van der Waals surface area (Å²) in [5, 5.41) is 13.8. The summed E-state index contributed by atoms with van der Waals surface area (Å²) in [6, 6.07) is -4.40. The molecule has 6 amide bonds. The van der Waals surface area contributed by atoms with Crippen LogP contribution in [0.15, 0.2) is 0 Å². The van der Waals surface area contributed by atoms with Crippen LogP contribution in [0.25, 0.3) is 0 Å². The van der Waals surface area contributed by atoms with Gasteiger partial charge >= 0.3 is 0 Å². The molecule has 0 unspecified atom stereocenters. The number of rotatable bonds is 21. The number of likely N-dealkylation sites (tertiary alicyclic amines) is 1. The van der Waals surface area contributed by atoms with E-state index in [4.69, 9.17) is 0 Å². The third-order valence-corrected chi connectivity index (χ3v) is 10.6. The van der Waals surface area contributed by atoms with Gasteiger partial charge in [0.15, 0.2) is 0 Å². The molecule has 2 heterocycles. The fourth-order valence-corrected chi connectivity index (χ4v) is 7.23. The lowest BCUT2D eigenvalue weighted by molar-refractivity contribution is -0.142. The number of unbranched alkanes of at least 4 members (excludes halogenated alkanes) is 6. The lowest BCUT2D eigenvalue weighted by Gasteiger charge is -2.30. The van der Waals surface area contributed by atoms with Crippen LogP contribution in [0.3, 0.4) is 0 Å². The first-order valence-corrected chi connectivity index (χ1v) is 20.2. The van der Waals surface area contributed by atoms with Crippen molar-refractivity contribution in [2.45, 2.75) is 149 Å². The Morgan fingerprint density at radius 1 is 0.863 bits per heavy atom. The molecule has 6 atom stereocenters. The molecule has 2 fully saturated rings. The lowest BCUT2D eigenvalue weighted by atomic mass is 9.97. The molecule has 14 heteroatoms. The maximum Gasteiger partial charge on any atom is 0.245 e. The number of carbonyl (C=O) groups excluding carboxylic acids is 7. The van der Waals surface area contributed by atoms with Gasteiger partial charge < -0.3 is 31.5 Å². The number of hydrogen-bond acceptors (Lipinski definition) is 8. The van der Waals surface area contributed by atoms with E-state index in [1.54, 1.807) is 32.5 Å². The van der Waals surface area contributed by atoms with Gasteiger partial charge in [0.2, 0.25) is 35.4 Å². The molecule has 0 aliphatic carbocycles. The second kappa shape index (κ2) is 22.7. The molecule has 51 heavy (non-hydrogen) atoms. The normalized spacial score (nSPS) is 20.1. The molecular formula is C37H64N6O7S. The highest BCUT2D eigenvalue weighted by Crippen LogP contribution is 2.20. The summed E-state index contributed by atoms with van der Waals surface area (Å²) in [5.74, 6) is -2.82. The number of ketones is 1. The molecular weight excluding hydrogens is 673 g/mol. The van der Waals surface area contributed by atoms with Crippen LogP contribution in [0.4, 0.5) is 0 Å². The zero-order valence-electron chi connectivity index (χ0n) is 31.9. The van der Waals surface area contributed by atoms with Gasteiger partial charge in [-0.1, -0.05) is 73.1 Å². The predicted octanol–water partition coefficient (Wildman–Crippen LogP) is 2.85. The predicted molar refractivity (Wildman–Crippen MR) is 200 cm³/mol. The van der Waals surface area contributed by atoms with E-state index in [0.717, 1.165) is 31.4 Å². The van der Waals surface area contributed by atoms with Crippen molar-refractivity contribution in [3.63, 3.8) is 0 Å². The monoisotopic (exact) mass is 736 g/mol. The first-order chi connectivity index (χ1) is 24.2. The van der Waals surface area contributed by atoms with Crippen molar-refractivity contribution >= 4 is 53.0 Å². The van der Waals surface area contributed by atoms with E-state index in [0.29, 0.717) is 44.5 Å². The van der Waals surface area contributed by atoms with Gasteiger partial charge in [0.25, 0.3) is 0 Å². The molecule has 0 aromatic carbocycles. The molecule has 0 aromatic heterocycles. The van der Waals surface area contributed by atoms with E-state index in [1.165, 1.54) is 31.1 Å². The SMILES string of the molecule is CCCCCCCCCC(=O)[C@H](C)C(=O)N[C@@H](CC(C)C)C(=O)N[C@H](C)C(=O)N1CCC[C@H]1C(=O)N[C@H](C(=O)N[C@H]1CSCCNC1=O)C(C)C. The number of nitrogens with one attached hydrogen (secondary N) is 5. The minimum atomic E-state index is -0.996. The Kier molecular flexibility index (Phi) is 19.6. The Morgan fingerprint density at radius 2 is 1.53 bits per heavy atom. The van der Waals surface area contributed by atoms with Crippen molar-refractivity contribution in [2.24, 2.45) is 17.8 Å². The second-order valence-electron chi connectivity index (χ2n) is 14.8. The molecule has 0 saturated carbocycles. The van der Waals surface area contributed by atoms with E-state index < -0.39 is 65.7 Å². The van der Waals surface area contributed by atoms with Gasteiger partial charge in [-0.05, 0) is 51.4 Å². The molecule has 0 radical (unpaired) electrons. The minimum Gasteiger partial charge on any atom is -0.353 e. The average Bonchev–Trinajstić information content (AvgIpc) is 3.49. The molecule has 290 valence electrons. The summed E-state index contributed by atoms with van der Waals surface area (Å²) in [6.07, 6.45) is 9.08. The van der Waals surface area contributed by atoms with E-state index in [2.05, 4.69) is 33.5 Å². The highest BCUT2D eigenvalue weighted by atomic mass is 32.2. The van der Waals surface area contributed by atoms with Gasteiger partial charge in [-0.3, -0.25) is 33.6 Å². The van der Waals surface area contributed by atoms with Crippen molar-refractivity contribution in [3.05, 3.63) is 0 Å². The zero-order valence-corrected chi connectivity index (χ0v) is 32.8. The van der Waals surface area contributed by atoms with Crippen molar-refractivity contribution in [1.82, 2.24) is 31.5 Å². The molecule has 0 bridgehead atoms. The Balaban J connectivity index is 1.98. The molecule has 0 spiro atoms. The summed E-state index contributed by atoms with van der Waals surface area (Å²) in [4.78, 5) is 93.4. The molecule has 2 rings (SSSR count). The van der Waals surface area contributed by atoms with Crippen LogP contribution >= 0.6 is 11.8 Å². The summed E-state index contributed by atoms with van der Waals surface area (Å²) >= 11 is 1.56. The fraction of sp³-hybridized carbons (Fsp3) is 0.811. The molecule has 2 aliphatic heterocycles. The lowest BCUT2D eigenvalue weighted by Crippen LogP contribution is -2.59. The maximum atomic E-state index is 13.6. The van der Waals surface area contributed by atoms with Crippen LogP contribution < -0.4 is 26.6 Å². The number of Topliss-reactive ketones (excluding diaryl/α,β-unsaturated/α-hetero) is 1. The molecule has 2 saturated heterocycles. The summed E-state index contributed by atoms with van der Waals surface area (Å²) in [6.45, 7) is 13.5. The number of carbonyl (C=O) groups is 7. The van der Waals surface area contributed by atoms with Gasteiger partial charge in [0.1, 0.15) is 36.0 Å². The van der Waals surface area contributed by atoms with Gasteiger partial charge in [-0.25, -0.2) is 0 Å². The Hall–Kier alpha value is -3.16. The van der Waals surface area contributed by atoms with Crippen molar-refractivity contribution in [2.75, 3.05) is 24.6 Å². The molecule has 2 aliphatic rings. The average molecular weight is 737 g/mol. The Bertz CT molecular complexity index is 1200. The largest absolute Gasteiger partial charge is 0.353 e. The zero-order chi connectivity index (χ0) is 38.1. The molecule has 5 N–H and O–H groups in total. The highest BCUT2D eigenvalue weighted by Gasteiger charge is 2.39. The van der Waals surface area contributed by atoms with Crippen LogP contribution in [-0.4, -0.2) is 101 Å². The van der Waals surface area contributed by atoms with Crippen LogP contribution in [0.1, 0.15) is 119 Å². The Morgan fingerprint density at radius 3 is 2.18 bits per heavy atom. The maximum absolute atomic E-state index is 13.6. The van der Waals surface area contributed by atoms with Crippen LogP contribution in [0.2, 0.25) is 0 Å². The summed E-state index contributed by atoms with van der Waals surface area (Å²) in [5.41, 5.74) is 0. The fourth-order valence-electron chi connectivity index (χ4n) is 6.35. The second-order valence-corrected chi connectivity index (χ2v) is 16.0. The molecule has 13 nitrogen and oxygen atoms in total. The van der Waals surface area contributed by atoms with Gasteiger partial charge in [-0.2, -0.15) is 11.8 Å². The van der Waals surface area contributed by atoms with E-state index in [9.17, 15) is 33.6 Å².